The molecule has 5 heterocycles. The van der Waals surface area contributed by atoms with Gasteiger partial charge in [-0.1, -0.05) is 18.5 Å². The fourth-order valence-corrected chi connectivity index (χ4v) is 4.86. The van der Waals surface area contributed by atoms with Crippen molar-refractivity contribution >= 4 is 23.3 Å². The first-order valence-corrected chi connectivity index (χ1v) is 10.9. The zero-order valence-electron chi connectivity index (χ0n) is 17.4. The van der Waals surface area contributed by atoms with Crippen LogP contribution in [-0.2, 0) is 0 Å². The predicted octanol–water partition coefficient (Wildman–Crippen LogP) is 3.37. The molecule has 9 heteroatoms. The Morgan fingerprint density at radius 2 is 1.97 bits per heavy atom. The monoisotopic (exact) mass is 437 g/mol. The molecule has 0 radical (unpaired) electrons. The number of hydrogen-bond acceptors (Lipinski definition) is 6. The molecular weight excluding hydrogens is 414 g/mol. The van der Waals surface area contributed by atoms with Crippen LogP contribution in [0.4, 0.5) is 5.82 Å². The van der Waals surface area contributed by atoms with Gasteiger partial charge in [-0.25, -0.2) is 9.97 Å². The molecule has 2 unspecified atom stereocenters. The minimum Gasteiger partial charge on any atom is -0.368 e. The summed E-state index contributed by atoms with van der Waals surface area (Å²) in [4.78, 5) is 26.3. The average molecular weight is 438 g/mol. The van der Waals surface area contributed by atoms with E-state index in [0.29, 0.717) is 34.8 Å². The molecule has 2 bridgehead atoms. The SMILES string of the molecule is Cc1ccc(-n2nccn2)c(C(=O)N2C3CC(C3)C(C)C2CNc2ccc(Cl)cn2)n1. The van der Waals surface area contributed by atoms with Gasteiger partial charge in [0.15, 0.2) is 5.69 Å². The molecule has 2 saturated heterocycles. The number of nitrogens with zero attached hydrogens (tertiary/aromatic N) is 6. The van der Waals surface area contributed by atoms with Gasteiger partial charge in [0, 0.05) is 24.5 Å². The molecule has 6 rings (SSSR count). The summed E-state index contributed by atoms with van der Waals surface area (Å²) >= 11 is 5.95. The number of piperidine rings is 2. The molecule has 3 fully saturated rings. The molecule has 8 nitrogen and oxygen atoms in total. The molecule has 1 N–H and O–H groups in total. The van der Waals surface area contributed by atoms with E-state index in [1.54, 1.807) is 18.6 Å². The Kier molecular flexibility index (Phi) is 5.09. The highest BCUT2D eigenvalue weighted by molar-refractivity contribution is 6.30. The van der Waals surface area contributed by atoms with Crippen LogP contribution >= 0.6 is 11.6 Å². The van der Waals surface area contributed by atoms with Crippen molar-refractivity contribution in [3.05, 3.63) is 59.3 Å². The molecule has 1 saturated carbocycles. The van der Waals surface area contributed by atoms with Gasteiger partial charge >= 0.3 is 0 Å². The number of carbonyl (C=O) groups is 1. The third kappa shape index (κ3) is 3.65. The predicted molar refractivity (Wildman–Crippen MR) is 117 cm³/mol. The standard InChI is InChI=1S/C22H24ClN7O/c1-13-3-5-18(30-26-7-8-27-30)21(28-13)22(31)29-17-9-15(10-17)14(2)19(29)12-25-20-6-4-16(23)11-24-20/h3-8,11,14-15,17,19H,9-10,12H2,1-2H3,(H,24,25). The molecule has 1 amide bonds. The highest BCUT2D eigenvalue weighted by Crippen LogP contribution is 2.47. The van der Waals surface area contributed by atoms with Crippen LogP contribution in [0.2, 0.25) is 5.02 Å². The molecule has 0 spiro atoms. The Morgan fingerprint density at radius 1 is 1.19 bits per heavy atom. The smallest absolute Gasteiger partial charge is 0.275 e. The number of amides is 1. The third-order valence-corrected chi connectivity index (χ3v) is 6.78. The van der Waals surface area contributed by atoms with E-state index in [4.69, 9.17) is 11.6 Å². The third-order valence-electron chi connectivity index (χ3n) is 6.56. The maximum Gasteiger partial charge on any atom is 0.275 e. The quantitative estimate of drug-likeness (QED) is 0.658. The second-order valence-corrected chi connectivity index (χ2v) is 8.84. The van der Waals surface area contributed by atoms with Gasteiger partial charge in [-0.2, -0.15) is 10.2 Å². The average Bonchev–Trinajstić information content (AvgIpc) is 3.27. The summed E-state index contributed by atoms with van der Waals surface area (Å²) in [6.45, 7) is 4.75. The van der Waals surface area contributed by atoms with Crippen LogP contribution in [0.15, 0.2) is 42.9 Å². The Hall–Kier alpha value is -3.00. The topological polar surface area (TPSA) is 88.8 Å². The molecule has 2 atom stereocenters. The summed E-state index contributed by atoms with van der Waals surface area (Å²) < 4.78 is 0. The van der Waals surface area contributed by atoms with Crippen molar-refractivity contribution < 1.29 is 4.79 Å². The van der Waals surface area contributed by atoms with E-state index in [1.165, 1.54) is 4.80 Å². The number of aryl methyl sites for hydroxylation is 1. The van der Waals surface area contributed by atoms with Gasteiger partial charge in [0.2, 0.25) is 0 Å². The van der Waals surface area contributed by atoms with E-state index in [1.807, 2.05) is 36.1 Å². The molecular formula is C22H24ClN7O. The van der Waals surface area contributed by atoms with E-state index in [2.05, 4.69) is 32.4 Å². The summed E-state index contributed by atoms with van der Waals surface area (Å²) in [5.74, 6) is 1.71. The summed E-state index contributed by atoms with van der Waals surface area (Å²) in [5.41, 5.74) is 1.78. The lowest BCUT2D eigenvalue weighted by atomic mass is 9.64. The Labute approximate surface area is 185 Å². The lowest BCUT2D eigenvalue weighted by Gasteiger charge is -2.57. The number of nitrogens with one attached hydrogen (secondary N) is 1. The molecule has 160 valence electrons. The second kappa shape index (κ2) is 7.92. The number of hydrogen-bond donors (Lipinski definition) is 1. The molecule has 31 heavy (non-hydrogen) atoms. The first-order valence-electron chi connectivity index (χ1n) is 10.5. The Bertz CT molecular complexity index is 1080. The van der Waals surface area contributed by atoms with Crippen LogP contribution in [0.25, 0.3) is 5.69 Å². The van der Waals surface area contributed by atoms with Crippen molar-refractivity contribution in [2.75, 3.05) is 11.9 Å². The van der Waals surface area contributed by atoms with Crippen molar-refractivity contribution in [1.29, 1.82) is 0 Å². The summed E-state index contributed by atoms with van der Waals surface area (Å²) in [7, 11) is 0. The van der Waals surface area contributed by atoms with Crippen LogP contribution < -0.4 is 5.32 Å². The number of rotatable bonds is 5. The first-order chi connectivity index (χ1) is 15.0. The summed E-state index contributed by atoms with van der Waals surface area (Å²) in [6.07, 6.45) is 6.90. The lowest BCUT2D eigenvalue weighted by molar-refractivity contribution is -0.0505. The Morgan fingerprint density at radius 3 is 2.68 bits per heavy atom. The van der Waals surface area contributed by atoms with Gasteiger partial charge in [0.25, 0.3) is 5.91 Å². The van der Waals surface area contributed by atoms with Gasteiger partial charge in [-0.05, 0) is 55.9 Å². The van der Waals surface area contributed by atoms with Gasteiger partial charge in [0.1, 0.15) is 11.5 Å². The van der Waals surface area contributed by atoms with Gasteiger partial charge in [-0.15, -0.1) is 4.80 Å². The molecule has 2 aliphatic heterocycles. The zero-order valence-corrected chi connectivity index (χ0v) is 18.2. The largest absolute Gasteiger partial charge is 0.368 e. The van der Waals surface area contributed by atoms with Crippen LogP contribution in [0.5, 0.6) is 0 Å². The minimum absolute atomic E-state index is 0.0446. The van der Waals surface area contributed by atoms with Crippen molar-refractivity contribution in [3.63, 3.8) is 0 Å². The van der Waals surface area contributed by atoms with Gasteiger partial charge < -0.3 is 10.2 Å². The van der Waals surface area contributed by atoms with E-state index in [-0.39, 0.29) is 18.0 Å². The van der Waals surface area contributed by atoms with E-state index in [0.717, 1.165) is 24.4 Å². The number of anilines is 1. The minimum atomic E-state index is -0.0677. The van der Waals surface area contributed by atoms with E-state index in [9.17, 15) is 4.79 Å². The summed E-state index contributed by atoms with van der Waals surface area (Å²) in [6, 6.07) is 7.67. The van der Waals surface area contributed by atoms with Crippen molar-refractivity contribution in [1.82, 2.24) is 29.9 Å². The van der Waals surface area contributed by atoms with Crippen LogP contribution in [0.1, 0.15) is 35.9 Å². The highest BCUT2D eigenvalue weighted by atomic mass is 35.5. The van der Waals surface area contributed by atoms with Gasteiger partial charge in [-0.3, -0.25) is 4.79 Å². The molecule has 3 aromatic rings. The van der Waals surface area contributed by atoms with Gasteiger partial charge in [0.05, 0.1) is 23.5 Å². The van der Waals surface area contributed by atoms with Crippen molar-refractivity contribution in [2.45, 2.75) is 38.8 Å². The van der Waals surface area contributed by atoms with Crippen LogP contribution in [0, 0.1) is 18.8 Å². The maximum atomic E-state index is 13.8. The summed E-state index contributed by atoms with van der Waals surface area (Å²) in [5, 5.41) is 12.4. The van der Waals surface area contributed by atoms with Crippen molar-refractivity contribution in [2.24, 2.45) is 11.8 Å². The van der Waals surface area contributed by atoms with Crippen LogP contribution in [0.3, 0.4) is 0 Å². The normalized spacial score (nSPS) is 24.5. The first kappa shape index (κ1) is 19.9. The number of carbonyl (C=O) groups excluding carboxylic acids is 1. The second-order valence-electron chi connectivity index (χ2n) is 8.41. The number of pyridine rings is 2. The molecule has 1 aliphatic carbocycles. The molecule has 3 aromatic heterocycles. The van der Waals surface area contributed by atoms with E-state index >= 15 is 0 Å². The number of fused-ring (bicyclic) bond motifs is 2. The lowest BCUT2D eigenvalue weighted by Crippen LogP contribution is -2.64. The van der Waals surface area contributed by atoms with Crippen molar-refractivity contribution in [3.8, 4) is 5.69 Å². The number of aromatic nitrogens is 5. The zero-order chi connectivity index (χ0) is 21.5. The highest BCUT2D eigenvalue weighted by Gasteiger charge is 2.51. The molecule has 0 aromatic carbocycles. The molecule has 3 aliphatic rings. The number of halogens is 1. The maximum absolute atomic E-state index is 13.8. The fourth-order valence-electron chi connectivity index (χ4n) is 4.75. The fraction of sp³-hybridized carbons (Fsp3) is 0.409. The van der Waals surface area contributed by atoms with Crippen LogP contribution in [-0.4, -0.2) is 54.4 Å². The van der Waals surface area contributed by atoms with E-state index < -0.39 is 0 Å². The Balaban J connectivity index is 1.45.